The van der Waals surface area contributed by atoms with Gasteiger partial charge in [-0.25, -0.2) is 0 Å². The molecule has 2 aliphatic rings. The number of rotatable bonds is 12. The van der Waals surface area contributed by atoms with Gasteiger partial charge in [-0.15, -0.1) is 0 Å². The van der Waals surface area contributed by atoms with E-state index >= 15 is 0 Å². The minimum atomic E-state index is -0.661. The second kappa shape index (κ2) is 24.3. The molecule has 0 heterocycles. The SMILES string of the molecule is CCC(C)(CC)Oc1cc(C)c(C(=O)N(C(C)C)C2CCCCC2)cc1[N+](=O)[O-].Cc1cc(O)c([N+](=O)[O-])cc1C(=O)N(C(C)C)C1CCCCC1.O=C=O.O=C=O. The van der Waals surface area contributed by atoms with Crippen molar-refractivity contribution >= 4 is 35.5 Å². The molecule has 0 radical (unpaired) electrons. The van der Waals surface area contributed by atoms with Gasteiger partial charge in [-0.1, -0.05) is 52.4 Å². The van der Waals surface area contributed by atoms with Crippen LogP contribution in [0.25, 0.3) is 0 Å². The van der Waals surface area contributed by atoms with Crippen LogP contribution in [0.1, 0.15) is 157 Å². The predicted octanol–water partition coefficient (Wildman–Crippen LogP) is 8.67. The molecule has 320 valence electrons. The molecule has 16 heteroatoms. The van der Waals surface area contributed by atoms with Gasteiger partial charge in [0, 0.05) is 47.4 Å². The maximum atomic E-state index is 13.5. The Kier molecular flexibility index (Phi) is 21.2. The van der Waals surface area contributed by atoms with E-state index in [2.05, 4.69) is 0 Å². The highest BCUT2D eigenvalue weighted by molar-refractivity contribution is 5.98. The van der Waals surface area contributed by atoms with Crippen LogP contribution in [0.3, 0.4) is 0 Å². The van der Waals surface area contributed by atoms with E-state index in [9.17, 15) is 34.9 Å². The van der Waals surface area contributed by atoms with E-state index < -0.39 is 26.9 Å². The van der Waals surface area contributed by atoms with Crippen molar-refractivity contribution in [2.45, 2.75) is 169 Å². The number of benzene rings is 2. The summed E-state index contributed by atoms with van der Waals surface area (Å²) in [5.74, 6) is -0.470. The molecule has 2 fully saturated rings. The summed E-state index contributed by atoms with van der Waals surface area (Å²) in [6.07, 6.45) is 12.8. The highest BCUT2D eigenvalue weighted by Crippen LogP contribution is 2.37. The van der Waals surface area contributed by atoms with E-state index in [4.69, 9.17) is 23.9 Å². The average Bonchev–Trinajstić information content (AvgIpc) is 3.16. The Morgan fingerprint density at radius 2 is 1.07 bits per heavy atom. The third kappa shape index (κ3) is 14.2. The van der Waals surface area contributed by atoms with Gasteiger partial charge in [-0.05, 0) is 110 Å². The summed E-state index contributed by atoms with van der Waals surface area (Å²) in [6.45, 7) is 17.5. The van der Waals surface area contributed by atoms with Crippen LogP contribution in [-0.2, 0) is 19.2 Å². The van der Waals surface area contributed by atoms with Crippen LogP contribution in [0.5, 0.6) is 11.5 Å². The molecular weight excluding hydrogens is 752 g/mol. The lowest BCUT2D eigenvalue weighted by Gasteiger charge is -2.37. The van der Waals surface area contributed by atoms with Crippen LogP contribution in [0.4, 0.5) is 11.4 Å². The van der Waals surface area contributed by atoms with Gasteiger partial charge in [0.2, 0.25) is 0 Å². The fourth-order valence-electron chi connectivity index (χ4n) is 7.48. The van der Waals surface area contributed by atoms with Crippen LogP contribution in [0, 0.1) is 34.1 Å². The molecular formula is C42H60N4O12. The quantitative estimate of drug-likeness (QED) is 0.157. The van der Waals surface area contributed by atoms with E-state index in [-0.39, 0.29) is 59.7 Å². The standard InChI is InChI=1S/C23H36N2O4.C17H24N2O4.2CO2/c1-7-23(6,8-2)29-21-14-17(5)19(15-20(21)25(27)28)22(26)24(16(3)4)18-12-10-9-11-13-18;1-11(2)18(13-7-5-4-6-8-13)17(21)14-10-15(19(22)23)16(20)9-12(14)3;2*2-1-3/h14-16,18H,7-13H2,1-6H3;9-11,13,20H,4-8H2,1-3H3;;. The third-order valence-electron chi connectivity index (χ3n) is 10.9. The van der Waals surface area contributed by atoms with Crippen molar-refractivity contribution in [2.75, 3.05) is 0 Å². The second-order valence-corrected chi connectivity index (χ2v) is 15.4. The van der Waals surface area contributed by atoms with Gasteiger partial charge in [-0.3, -0.25) is 29.8 Å². The molecule has 0 spiro atoms. The molecule has 0 atom stereocenters. The lowest BCUT2D eigenvalue weighted by atomic mass is 9.92. The number of phenolic OH excluding ortho intramolecular Hbond substituents is 1. The molecule has 16 nitrogen and oxygen atoms in total. The zero-order valence-corrected chi connectivity index (χ0v) is 35.3. The Morgan fingerprint density at radius 3 is 1.40 bits per heavy atom. The highest BCUT2D eigenvalue weighted by atomic mass is 16.6. The molecule has 58 heavy (non-hydrogen) atoms. The number of hydrogen-bond acceptors (Lipinski definition) is 12. The number of aromatic hydroxyl groups is 1. The van der Waals surface area contributed by atoms with Crippen molar-refractivity contribution in [1.82, 2.24) is 9.80 Å². The predicted molar refractivity (Wildman–Crippen MR) is 213 cm³/mol. The summed E-state index contributed by atoms with van der Waals surface area (Å²) in [7, 11) is 0. The van der Waals surface area contributed by atoms with E-state index in [1.54, 1.807) is 13.0 Å². The lowest BCUT2D eigenvalue weighted by Crippen LogP contribution is -2.46. The molecule has 1 N–H and O–H groups in total. The lowest BCUT2D eigenvalue weighted by molar-refractivity contribution is -0.386. The van der Waals surface area contributed by atoms with Gasteiger partial charge in [0.1, 0.15) is 5.60 Å². The van der Waals surface area contributed by atoms with Gasteiger partial charge >= 0.3 is 23.7 Å². The Bertz CT molecular complexity index is 1750. The molecule has 2 aliphatic carbocycles. The number of nitro benzene ring substituents is 2. The summed E-state index contributed by atoms with van der Waals surface area (Å²) < 4.78 is 6.07. The first-order valence-corrected chi connectivity index (χ1v) is 19.9. The topological polar surface area (TPSA) is 225 Å². The number of carbonyl (C=O) groups excluding carboxylic acids is 6. The third-order valence-corrected chi connectivity index (χ3v) is 10.9. The molecule has 0 aromatic heterocycles. The summed E-state index contributed by atoms with van der Waals surface area (Å²) >= 11 is 0. The Balaban J connectivity index is 0.000000520. The zero-order valence-electron chi connectivity index (χ0n) is 35.3. The maximum Gasteiger partial charge on any atom is 0.373 e. The van der Waals surface area contributed by atoms with E-state index in [1.165, 1.54) is 31.0 Å². The molecule has 0 unspecified atom stereocenters. The summed E-state index contributed by atoms with van der Waals surface area (Å²) in [4.78, 5) is 84.4. The number of nitro groups is 2. The van der Waals surface area contributed by atoms with Crippen LogP contribution in [0.2, 0.25) is 0 Å². The number of aryl methyl sites for hydroxylation is 2. The first-order chi connectivity index (χ1) is 27.3. The number of nitrogens with zero attached hydrogens (tertiary/aromatic N) is 4. The van der Waals surface area contributed by atoms with Crippen LogP contribution >= 0.6 is 0 Å². The molecule has 2 amide bonds. The zero-order chi connectivity index (χ0) is 44.3. The van der Waals surface area contributed by atoms with Gasteiger partial charge in [-0.2, -0.15) is 19.2 Å². The Labute approximate surface area is 340 Å². The highest BCUT2D eigenvalue weighted by Gasteiger charge is 2.34. The van der Waals surface area contributed by atoms with Crippen molar-refractivity contribution in [3.8, 4) is 11.5 Å². The van der Waals surface area contributed by atoms with Crippen molar-refractivity contribution in [2.24, 2.45) is 0 Å². The smallest absolute Gasteiger partial charge is 0.373 e. The second-order valence-electron chi connectivity index (χ2n) is 15.4. The van der Waals surface area contributed by atoms with Crippen LogP contribution in [-0.4, -0.2) is 78.6 Å². The van der Waals surface area contributed by atoms with Crippen LogP contribution in [0.15, 0.2) is 24.3 Å². The normalized spacial score (nSPS) is 14.2. The van der Waals surface area contributed by atoms with Gasteiger partial charge < -0.3 is 19.6 Å². The van der Waals surface area contributed by atoms with E-state index in [1.807, 2.05) is 65.2 Å². The monoisotopic (exact) mass is 812 g/mol. The minimum Gasteiger partial charge on any atom is -0.502 e. The van der Waals surface area contributed by atoms with Crippen molar-refractivity contribution < 1.29 is 48.5 Å². The number of carbonyl (C=O) groups is 2. The van der Waals surface area contributed by atoms with Gasteiger partial charge in [0.05, 0.1) is 9.85 Å². The van der Waals surface area contributed by atoms with Crippen molar-refractivity contribution in [3.05, 3.63) is 66.7 Å². The number of phenols is 1. The molecule has 0 saturated heterocycles. The fraction of sp³-hybridized carbons (Fsp3) is 0.619. The molecule has 4 rings (SSSR count). The summed E-state index contributed by atoms with van der Waals surface area (Å²) in [5, 5.41) is 32.5. The van der Waals surface area contributed by atoms with Crippen molar-refractivity contribution in [1.29, 1.82) is 0 Å². The Hall–Kier alpha value is -5.46. The summed E-state index contributed by atoms with van der Waals surface area (Å²) in [5.41, 5.74) is 0.929. The molecule has 2 saturated carbocycles. The number of ether oxygens (including phenoxy) is 1. The Morgan fingerprint density at radius 1 is 0.724 bits per heavy atom. The molecule has 0 bridgehead atoms. The summed E-state index contributed by atoms with van der Waals surface area (Å²) in [6, 6.07) is 6.03. The number of hydrogen-bond donors (Lipinski definition) is 1. The van der Waals surface area contributed by atoms with E-state index in [0.717, 1.165) is 64.2 Å². The van der Waals surface area contributed by atoms with Crippen molar-refractivity contribution in [3.63, 3.8) is 0 Å². The molecule has 0 aliphatic heterocycles. The first kappa shape index (κ1) is 50.6. The average molecular weight is 813 g/mol. The molecule has 2 aromatic carbocycles. The molecule has 2 aromatic rings. The fourth-order valence-corrected chi connectivity index (χ4v) is 7.48. The first-order valence-electron chi connectivity index (χ1n) is 19.9. The van der Waals surface area contributed by atoms with Crippen LogP contribution < -0.4 is 4.74 Å². The van der Waals surface area contributed by atoms with Gasteiger partial charge in [0.15, 0.2) is 11.5 Å². The largest absolute Gasteiger partial charge is 0.502 e. The van der Waals surface area contributed by atoms with Gasteiger partial charge in [0.25, 0.3) is 11.8 Å². The number of amides is 2. The minimum absolute atomic E-state index is 0.0258. The maximum absolute atomic E-state index is 13.5. The van der Waals surface area contributed by atoms with E-state index in [0.29, 0.717) is 22.3 Å².